The topological polar surface area (TPSA) is 53.8 Å². The van der Waals surface area contributed by atoms with Gasteiger partial charge in [-0.15, -0.1) is 0 Å². The second-order valence-corrected chi connectivity index (χ2v) is 2.65. The number of aldehydes is 1. The number of pyridine rings is 1. The van der Waals surface area contributed by atoms with E-state index in [9.17, 15) is 4.79 Å². The van der Waals surface area contributed by atoms with Crippen molar-refractivity contribution in [2.24, 2.45) is 0 Å². The number of carbonyl (C=O) groups excluding carboxylic acids is 1. The molecular formula is C7H3BrN2O. The van der Waals surface area contributed by atoms with Crippen molar-refractivity contribution in [2.45, 2.75) is 0 Å². The van der Waals surface area contributed by atoms with Gasteiger partial charge < -0.3 is 0 Å². The fourth-order valence-corrected chi connectivity index (χ4v) is 1.09. The van der Waals surface area contributed by atoms with Crippen LogP contribution in [0.4, 0.5) is 0 Å². The Morgan fingerprint density at radius 1 is 1.64 bits per heavy atom. The van der Waals surface area contributed by atoms with Gasteiger partial charge in [0.05, 0.1) is 11.6 Å². The molecule has 1 aromatic heterocycles. The first-order chi connectivity index (χ1) is 5.26. The first-order valence-corrected chi connectivity index (χ1v) is 3.58. The highest BCUT2D eigenvalue weighted by Gasteiger charge is 1.97. The van der Waals surface area contributed by atoms with E-state index in [1.54, 1.807) is 6.07 Å². The summed E-state index contributed by atoms with van der Waals surface area (Å²) in [6, 6.07) is 4.89. The number of nitrogens with zero attached hydrogens (tertiary/aromatic N) is 2. The molecule has 0 fully saturated rings. The summed E-state index contributed by atoms with van der Waals surface area (Å²) in [7, 11) is 0. The average molecular weight is 211 g/mol. The number of hydrogen-bond donors (Lipinski definition) is 0. The summed E-state index contributed by atoms with van der Waals surface area (Å²) < 4.78 is 0.499. The fourth-order valence-electron chi connectivity index (χ4n) is 0.642. The highest BCUT2D eigenvalue weighted by Crippen LogP contribution is 2.09. The van der Waals surface area contributed by atoms with E-state index in [-0.39, 0.29) is 5.69 Å². The normalized spacial score (nSPS) is 8.73. The molecule has 4 heteroatoms. The van der Waals surface area contributed by atoms with Gasteiger partial charge in [-0.1, -0.05) is 0 Å². The second kappa shape index (κ2) is 3.26. The Balaban J connectivity index is 3.25. The van der Waals surface area contributed by atoms with Gasteiger partial charge in [0.25, 0.3) is 0 Å². The standard InChI is InChI=1S/C7H3BrN2O/c8-7-2-5(3-9)1-6(4-11)10-7/h1-2,4H. The lowest BCUT2D eigenvalue weighted by Gasteiger charge is -1.92. The third-order valence-electron chi connectivity index (χ3n) is 1.06. The number of hydrogen-bond acceptors (Lipinski definition) is 3. The number of carbonyl (C=O) groups is 1. The molecule has 0 saturated heterocycles. The van der Waals surface area contributed by atoms with Crippen LogP contribution in [0.15, 0.2) is 16.7 Å². The fraction of sp³-hybridized carbons (Fsp3) is 0. The van der Waals surface area contributed by atoms with Crippen LogP contribution in [-0.2, 0) is 0 Å². The van der Waals surface area contributed by atoms with Crippen LogP contribution in [0.3, 0.4) is 0 Å². The zero-order valence-electron chi connectivity index (χ0n) is 5.41. The van der Waals surface area contributed by atoms with Crippen LogP contribution >= 0.6 is 15.9 Å². The molecule has 0 N–H and O–H groups in total. The van der Waals surface area contributed by atoms with E-state index in [4.69, 9.17) is 5.26 Å². The molecular weight excluding hydrogens is 208 g/mol. The Hall–Kier alpha value is -1.21. The molecule has 1 aromatic rings. The van der Waals surface area contributed by atoms with Crippen molar-refractivity contribution < 1.29 is 4.79 Å². The maximum Gasteiger partial charge on any atom is 0.168 e. The van der Waals surface area contributed by atoms with Crippen molar-refractivity contribution >= 4 is 22.2 Å². The van der Waals surface area contributed by atoms with Gasteiger partial charge in [0.2, 0.25) is 0 Å². The van der Waals surface area contributed by atoms with E-state index in [0.29, 0.717) is 16.5 Å². The molecule has 1 rings (SSSR count). The molecule has 0 aliphatic carbocycles. The monoisotopic (exact) mass is 210 g/mol. The Bertz CT molecular complexity index is 330. The minimum Gasteiger partial charge on any atom is -0.296 e. The van der Waals surface area contributed by atoms with Crippen LogP contribution in [0.1, 0.15) is 16.1 Å². The molecule has 0 bridgehead atoms. The Morgan fingerprint density at radius 2 is 2.36 bits per heavy atom. The molecule has 0 atom stereocenters. The molecule has 0 unspecified atom stereocenters. The van der Waals surface area contributed by atoms with E-state index < -0.39 is 0 Å². The minimum atomic E-state index is 0.260. The summed E-state index contributed by atoms with van der Waals surface area (Å²) in [5.41, 5.74) is 0.685. The lowest BCUT2D eigenvalue weighted by molar-refractivity contribution is 0.111. The predicted octanol–water partition coefficient (Wildman–Crippen LogP) is 1.53. The van der Waals surface area contributed by atoms with Crippen LogP contribution in [0.5, 0.6) is 0 Å². The lowest BCUT2D eigenvalue weighted by atomic mass is 10.2. The van der Waals surface area contributed by atoms with Gasteiger partial charge >= 0.3 is 0 Å². The summed E-state index contributed by atoms with van der Waals surface area (Å²) in [4.78, 5) is 14.0. The van der Waals surface area contributed by atoms with Crippen LogP contribution < -0.4 is 0 Å². The van der Waals surface area contributed by atoms with Gasteiger partial charge in [-0.2, -0.15) is 5.26 Å². The van der Waals surface area contributed by atoms with Gasteiger partial charge in [-0.25, -0.2) is 4.98 Å². The second-order valence-electron chi connectivity index (χ2n) is 1.83. The van der Waals surface area contributed by atoms with E-state index in [1.807, 2.05) is 6.07 Å². The molecule has 1 heterocycles. The first-order valence-electron chi connectivity index (χ1n) is 2.79. The Labute approximate surface area is 71.8 Å². The largest absolute Gasteiger partial charge is 0.296 e. The smallest absolute Gasteiger partial charge is 0.168 e. The molecule has 0 aromatic carbocycles. The summed E-state index contributed by atoms with van der Waals surface area (Å²) in [6.07, 6.45) is 0.603. The Kier molecular flexibility index (Phi) is 2.34. The molecule has 0 aliphatic heterocycles. The number of halogens is 1. The summed E-state index contributed by atoms with van der Waals surface area (Å²) in [5, 5.41) is 8.47. The van der Waals surface area contributed by atoms with E-state index in [2.05, 4.69) is 20.9 Å². The van der Waals surface area contributed by atoms with Gasteiger partial charge in [-0.3, -0.25) is 4.79 Å². The molecule has 0 aliphatic rings. The summed E-state index contributed by atoms with van der Waals surface area (Å²) in [5.74, 6) is 0. The van der Waals surface area contributed by atoms with Crippen molar-refractivity contribution in [3.63, 3.8) is 0 Å². The summed E-state index contributed by atoms with van der Waals surface area (Å²) >= 11 is 3.07. The van der Waals surface area contributed by atoms with Gasteiger partial charge in [0.15, 0.2) is 6.29 Å². The minimum absolute atomic E-state index is 0.260. The number of aromatic nitrogens is 1. The van der Waals surface area contributed by atoms with Gasteiger partial charge in [0, 0.05) is 0 Å². The maximum absolute atomic E-state index is 10.2. The highest BCUT2D eigenvalue weighted by molar-refractivity contribution is 9.10. The third kappa shape index (κ3) is 1.85. The zero-order valence-corrected chi connectivity index (χ0v) is 7.00. The highest BCUT2D eigenvalue weighted by atomic mass is 79.9. The predicted molar refractivity (Wildman–Crippen MR) is 42.0 cm³/mol. The molecule has 0 spiro atoms. The van der Waals surface area contributed by atoms with Crippen molar-refractivity contribution in [1.82, 2.24) is 4.98 Å². The number of nitriles is 1. The van der Waals surface area contributed by atoms with E-state index in [1.165, 1.54) is 6.07 Å². The van der Waals surface area contributed by atoms with E-state index >= 15 is 0 Å². The van der Waals surface area contributed by atoms with Crippen molar-refractivity contribution in [1.29, 1.82) is 5.26 Å². The molecule has 0 amide bonds. The van der Waals surface area contributed by atoms with Crippen molar-refractivity contribution in [3.05, 3.63) is 28.0 Å². The maximum atomic E-state index is 10.2. The number of rotatable bonds is 1. The third-order valence-corrected chi connectivity index (χ3v) is 1.47. The zero-order chi connectivity index (χ0) is 8.27. The molecule has 0 radical (unpaired) electrons. The van der Waals surface area contributed by atoms with Crippen LogP contribution in [0.2, 0.25) is 0 Å². The van der Waals surface area contributed by atoms with Crippen LogP contribution in [-0.4, -0.2) is 11.3 Å². The molecule has 3 nitrogen and oxygen atoms in total. The van der Waals surface area contributed by atoms with Crippen molar-refractivity contribution in [2.75, 3.05) is 0 Å². The quantitative estimate of drug-likeness (QED) is 0.522. The van der Waals surface area contributed by atoms with Crippen LogP contribution in [0.25, 0.3) is 0 Å². The van der Waals surface area contributed by atoms with Gasteiger partial charge in [0.1, 0.15) is 10.3 Å². The van der Waals surface area contributed by atoms with Crippen LogP contribution in [0, 0.1) is 11.3 Å². The SMILES string of the molecule is N#Cc1cc(Br)nc(C=O)c1. The Morgan fingerprint density at radius 3 is 2.91 bits per heavy atom. The molecule has 0 saturated carbocycles. The van der Waals surface area contributed by atoms with Crippen molar-refractivity contribution in [3.8, 4) is 6.07 Å². The molecule has 11 heavy (non-hydrogen) atoms. The lowest BCUT2D eigenvalue weighted by Crippen LogP contribution is -1.88. The molecule has 54 valence electrons. The van der Waals surface area contributed by atoms with E-state index in [0.717, 1.165) is 0 Å². The average Bonchev–Trinajstić information content (AvgIpc) is 2.03. The first kappa shape index (κ1) is 7.89. The van der Waals surface area contributed by atoms with Gasteiger partial charge in [-0.05, 0) is 28.1 Å². The summed E-state index contributed by atoms with van der Waals surface area (Å²) in [6.45, 7) is 0.